The van der Waals surface area contributed by atoms with E-state index in [1.807, 2.05) is 43.6 Å². The molecule has 1 aromatic heterocycles. The van der Waals surface area contributed by atoms with Gasteiger partial charge in [-0.15, -0.1) is 0 Å². The molecule has 4 rings (SSSR count). The van der Waals surface area contributed by atoms with Crippen LogP contribution in [0.3, 0.4) is 0 Å². The topological polar surface area (TPSA) is 110 Å². The summed E-state index contributed by atoms with van der Waals surface area (Å²) in [5.74, 6) is 0. The number of aryl methyl sites for hydroxylation is 1. The number of benzene rings is 2. The molecule has 1 aliphatic rings. The van der Waals surface area contributed by atoms with Gasteiger partial charge in [0.15, 0.2) is 0 Å². The Morgan fingerprint density at radius 3 is 2.52 bits per heavy atom. The van der Waals surface area contributed by atoms with Crippen molar-refractivity contribution in [1.29, 1.82) is 0 Å². The van der Waals surface area contributed by atoms with Crippen LogP contribution in [0.15, 0.2) is 59.6 Å². The van der Waals surface area contributed by atoms with Crippen molar-refractivity contribution in [3.63, 3.8) is 0 Å². The fraction of sp³-hybridized carbons (Fsp3) is 0.286. The molecule has 1 N–H and O–H groups in total. The number of nitro groups is 1. The monoisotopic (exact) mass is 441 g/mol. The van der Waals surface area contributed by atoms with E-state index in [1.165, 1.54) is 16.4 Å². The Morgan fingerprint density at radius 1 is 1.13 bits per heavy atom. The molecule has 0 spiro atoms. The minimum atomic E-state index is -3.84. The molecule has 0 amide bonds. The van der Waals surface area contributed by atoms with Gasteiger partial charge in [0.2, 0.25) is 10.0 Å². The number of nitrogens with zero attached hydrogens (tertiary/aromatic N) is 4. The van der Waals surface area contributed by atoms with Crippen LogP contribution in [0, 0.1) is 10.1 Å². The standard InChI is InChI=1S/C21H23N5O4S/c1-24-15-17(21(23-24)16-7-3-2-4-8-16)14-22-19-10-9-18(26(27)28)13-20(19)31(29,30)25-11-5-6-12-25/h2-4,7-10,13,15,22H,5-6,11-12,14H2,1H3. The first-order valence-electron chi connectivity index (χ1n) is 9.96. The van der Waals surface area contributed by atoms with Crippen LogP contribution in [0.25, 0.3) is 11.3 Å². The number of non-ortho nitro benzene ring substituents is 1. The molecule has 1 fully saturated rings. The van der Waals surface area contributed by atoms with Crippen LogP contribution in [-0.4, -0.2) is 40.5 Å². The predicted octanol–water partition coefficient (Wildman–Crippen LogP) is 3.39. The van der Waals surface area contributed by atoms with E-state index in [-0.39, 0.29) is 10.6 Å². The molecular formula is C21H23N5O4S. The average Bonchev–Trinajstić information content (AvgIpc) is 3.43. The van der Waals surface area contributed by atoms with Crippen LogP contribution in [0.1, 0.15) is 18.4 Å². The second-order valence-electron chi connectivity index (χ2n) is 7.44. The van der Waals surface area contributed by atoms with Crippen LogP contribution < -0.4 is 5.32 Å². The van der Waals surface area contributed by atoms with Crippen LogP contribution in [-0.2, 0) is 23.6 Å². The molecule has 9 nitrogen and oxygen atoms in total. The molecule has 1 aliphatic heterocycles. The molecule has 162 valence electrons. The first-order chi connectivity index (χ1) is 14.9. The van der Waals surface area contributed by atoms with Crippen molar-refractivity contribution in [2.75, 3.05) is 18.4 Å². The van der Waals surface area contributed by atoms with E-state index in [1.54, 1.807) is 4.68 Å². The number of sulfonamides is 1. The van der Waals surface area contributed by atoms with Crippen molar-refractivity contribution < 1.29 is 13.3 Å². The van der Waals surface area contributed by atoms with Gasteiger partial charge < -0.3 is 5.32 Å². The van der Waals surface area contributed by atoms with Gasteiger partial charge in [-0.05, 0) is 18.9 Å². The molecular weight excluding hydrogens is 418 g/mol. The molecule has 10 heteroatoms. The highest BCUT2D eigenvalue weighted by molar-refractivity contribution is 7.89. The van der Waals surface area contributed by atoms with E-state index < -0.39 is 14.9 Å². The maximum absolute atomic E-state index is 13.2. The van der Waals surface area contributed by atoms with Crippen LogP contribution >= 0.6 is 0 Å². The lowest BCUT2D eigenvalue weighted by molar-refractivity contribution is -0.385. The maximum atomic E-state index is 13.2. The van der Waals surface area contributed by atoms with Gasteiger partial charge in [0.05, 0.1) is 16.3 Å². The van der Waals surface area contributed by atoms with Crippen LogP contribution in [0.5, 0.6) is 0 Å². The second-order valence-corrected chi connectivity index (χ2v) is 9.35. The van der Waals surface area contributed by atoms with E-state index in [9.17, 15) is 18.5 Å². The minimum absolute atomic E-state index is 0.0752. The fourth-order valence-corrected chi connectivity index (χ4v) is 5.45. The highest BCUT2D eigenvalue weighted by atomic mass is 32.2. The third-order valence-electron chi connectivity index (χ3n) is 5.28. The van der Waals surface area contributed by atoms with E-state index in [4.69, 9.17) is 0 Å². The SMILES string of the molecule is Cn1cc(CNc2ccc([N+](=O)[O-])cc2S(=O)(=O)N2CCCC2)c(-c2ccccc2)n1. The predicted molar refractivity (Wildman–Crippen MR) is 117 cm³/mol. The van der Waals surface area contributed by atoms with Gasteiger partial charge in [0.1, 0.15) is 4.90 Å². The zero-order chi connectivity index (χ0) is 22.0. The number of hydrogen-bond acceptors (Lipinski definition) is 6. The van der Waals surface area contributed by atoms with Gasteiger partial charge in [-0.1, -0.05) is 30.3 Å². The smallest absolute Gasteiger partial charge is 0.270 e. The normalized spacial score (nSPS) is 14.6. The number of rotatable bonds is 7. The molecule has 1 saturated heterocycles. The van der Waals surface area contributed by atoms with Gasteiger partial charge in [-0.2, -0.15) is 9.40 Å². The van der Waals surface area contributed by atoms with Gasteiger partial charge in [-0.3, -0.25) is 14.8 Å². The highest BCUT2D eigenvalue weighted by Gasteiger charge is 2.31. The van der Waals surface area contributed by atoms with Gasteiger partial charge >= 0.3 is 0 Å². The minimum Gasteiger partial charge on any atom is -0.380 e. The van der Waals surface area contributed by atoms with E-state index in [0.717, 1.165) is 35.7 Å². The van der Waals surface area contributed by atoms with Gasteiger partial charge in [0.25, 0.3) is 5.69 Å². The lowest BCUT2D eigenvalue weighted by Gasteiger charge is -2.18. The van der Waals surface area contributed by atoms with Crippen molar-refractivity contribution in [3.8, 4) is 11.3 Å². The Kier molecular flexibility index (Phi) is 5.75. The highest BCUT2D eigenvalue weighted by Crippen LogP contribution is 2.31. The van der Waals surface area contributed by atoms with Crippen LogP contribution in [0.2, 0.25) is 0 Å². The van der Waals surface area contributed by atoms with Crippen LogP contribution in [0.4, 0.5) is 11.4 Å². The Balaban J connectivity index is 1.68. The number of aromatic nitrogens is 2. The summed E-state index contributed by atoms with van der Waals surface area (Å²) in [7, 11) is -2.02. The summed E-state index contributed by atoms with van der Waals surface area (Å²) in [6.07, 6.45) is 3.44. The quantitative estimate of drug-likeness (QED) is 0.444. The molecule has 0 aliphatic carbocycles. The number of nitro benzene ring substituents is 1. The summed E-state index contributed by atoms with van der Waals surface area (Å²) in [5, 5.41) is 19.0. The largest absolute Gasteiger partial charge is 0.380 e. The molecule has 0 saturated carbocycles. The molecule has 0 radical (unpaired) electrons. The third kappa shape index (κ3) is 4.30. The summed E-state index contributed by atoms with van der Waals surface area (Å²) in [4.78, 5) is 10.6. The summed E-state index contributed by atoms with van der Waals surface area (Å²) < 4.78 is 29.5. The summed E-state index contributed by atoms with van der Waals surface area (Å²) in [5.41, 5.74) is 2.71. The fourth-order valence-electron chi connectivity index (χ4n) is 3.75. The molecule has 31 heavy (non-hydrogen) atoms. The lowest BCUT2D eigenvalue weighted by atomic mass is 10.1. The second kappa shape index (κ2) is 8.48. The van der Waals surface area contributed by atoms with Crippen molar-refractivity contribution in [1.82, 2.24) is 14.1 Å². The van der Waals surface area contributed by atoms with Gasteiger partial charge in [-0.25, -0.2) is 8.42 Å². The zero-order valence-electron chi connectivity index (χ0n) is 17.1. The molecule has 0 unspecified atom stereocenters. The third-order valence-corrected chi connectivity index (χ3v) is 7.22. The Labute approximate surface area is 180 Å². The Bertz CT molecular complexity index is 1200. The number of nitrogens with one attached hydrogen (secondary N) is 1. The van der Waals surface area contributed by atoms with Crippen molar-refractivity contribution in [2.45, 2.75) is 24.3 Å². The van der Waals surface area contributed by atoms with Crippen molar-refractivity contribution in [2.24, 2.45) is 7.05 Å². The maximum Gasteiger partial charge on any atom is 0.270 e. The summed E-state index contributed by atoms with van der Waals surface area (Å²) >= 11 is 0. The number of anilines is 1. The average molecular weight is 442 g/mol. The van der Waals surface area contributed by atoms with E-state index in [2.05, 4.69) is 10.4 Å². The zero-order valence-corrected chi connectivity index (χ0v) is 17.9. The molecule has 0 atom stereocenters. The Hall–Kier alpha value is -3.24. The van der Waals surface area contributed by atoms with Crippen molar-refractivity contribution in [3.05, 3.63) is 70.4 Å². The molecule has 3 aromatic rings. The molecule has 2 heterocycles. The summed E-state index contributed by atoms with van der Waals surface area (Å²) in [6.45, 7) is 1.16. The lowest BCUT2D eigenvalue weighted by Crippen LogP contribution is -2.28. The Morgan fingerprint density at radius 2 is 1.84 bits per heavy atom. The summed E-state index contributed by atoms with van der Waals surface area (Å²) in [6, 6.07) is 13.6. The van der Waals surface area contributed by atoms with Gasteiger partial charge in [0, 0.05) is 56.1 Å². The number of hydrogen-bond donors (Lipinski definition) is 1. The first kappa shape index (κ1) is 21.0. The van der Waals surface area contributed by atoms with E-state index in [0.29, 0.717) is 25.3 Å². The molecule has 0 bridgehead atoms. The first-order valence-corrected chi connectivity index (χ1v) is 11.4. The van der Waals surface area contributed by atoms with Crippen molar-refractivity contribution >= 4 is 21.4 Å². The van der Waals surface area contributed by atoms with E-state index >= 15 is 0 Å². The molecule has 2 aromatic carbocycles.